The number of aromatic carboxylic acids is 1. The molecule has 0 radical (unpaired) electrons. The van der Waals surface area contributed by atoms with Gasteiger partial charge in [0.1, 0.15) is 5.82 Å². The molecule has 0 spiro atoms. The normalized spacial score (nSPS) is 10.3. The third-order valence-electron chi connectivity index (χ3n) is 2.44. The number of rotatable bonds is 3. The van der Waals surface area contributed by atoms with Crippen LogP contribution >= 0.6 is 34.8 Å². The van der Waals surface area contributed by atoms with Crippen molar-refractivity contribution in [3.8, 4) is 0 Å². The van der Waals surface area contributed by atoms with Gasteiger partial charge >= 0.3 is 5.97 Å². The van der Waals surface area contributed by atoms with E-state index in [2.05, 4.69) is 10.3 Å². The number of nitrogens with zero attached hydrogens (tertiary/aromatic N) is 1. The van der Waals surface area contributed by atoms with Crippen molar-refractivity contribution in [1.29, 1.82) is 0 Å². The first kappa shape index (κ1) is 14.7. The molecule has 5 nitrogen and oxygen atoms in total. The number of hydrogen-bond donors (Lipinski definition) is 3. The molecule has 0 fully saturated rings. The van der Waals surface area contributed by atoms with Gasteiger partial charge in [0.05, 0.1) is 38.2 Å². The number of nitrogens with two attached hydrogens (primary N) is 1. The molecule has 4 N–H and O–H groups in total. The van der Waals surface area contributed by atoms with Gasteiger partial charge in [0.25, 0.3) is 0 Å². The highest BCUT2D eigenvalue weighted by Gasteiger charge is 2.11. The fraction of sp³-hybridized carbons (Fsp3) is 0. The lowest BCUT2D eigenvalue weighted by atomic mass is 10.2. The quantitative estimate of drug-likeness (QED) is 0.737. The lowest BCUT2D eigenvalue weighted by molar-refractivity contribution is 0.0698. The van der Waals surface area contributed by atoms with E-state index >= 15 is 0 Å². The standard InChI is InChI=1S/C12H8Cl3N3O2/c13-6-2-8(15)10(3-7(6)14)18-11-1-5(12(19)20)9(16)4-17-11/h1-4H,16H2,(H,17,18)(H,19,20). The molecular formula is C12H8Cl3N3O2. The summed E-state index contributed by atoms with van der Waals surface area (Å²) in [4.78, 5) is 15.0. The second-order valence-electron chi connectivity index (χ2n) is 3.83. The number of carboxylic acids is 1. The largest absolute Gasteiger partial charge is 0.478 e. The van der Waals surface area contributed by atoms with E-state index in [0.29, 0.717) is 20.8 Å². The topological polar surface area (TPSA) is 88.2 Å². The van der Waals surface area contributed by atoms with Crippen molar-refractivity contribution in [3.63, 3.8) is 0 Å². The minimum atomic E-state index is -1.15. The van der Waals surface area contributed by atoms with Gasteiger partial charge in [-0.1, -0.05) is 34.8 Å². The number of halogens is 3. The number of aromatic nitrogens is 1. The van der Waals surface area contributed by atoms with Crippen LogP contribution in [0.4, 0.5) is 17.2 Å². The smallest absolute Gasteiger partial charge is 0.337 e. The molecule has 0 saturated carbocycles. The summed E-state index contributed by atoms with van der Waals surface area (Å²) in [5.74, 6) is -0.870. The number of nitrogens with one attached hydrogen (secondary N) is 1. The molecule has 2 aromatic rings. The van der Waals surface area contributed by atoms with Crippen LogP contribution in [0.15, 0.2) is 24.4 Å². The zero-order valence-corrected chi connectivity index (χ0v) is 12.1. The molecule has 104 valence electrons. The van der Waals surface area contributed by atoms with Crippen molar-refractivity contribution in [3.05, 3.63) is 45.0 Å². The van der Waals surface area contributed by atoms with Gasteiger partial charge in [0, 0.05) is 0 Å². The van der Waals surface area contributed by atoms with Crippen LogP contribution in [0.1, 0.15) is 10.4 Å². The van der Waals surface area contributed by atoms with Crippen LogP contribution in [-0.4, -0.2) is 16.1 Å². The molecule has 0 aliphatic heterocycles. The molecule has 0 saturated heterocycles. The first-order valence-electron chi connectivity index (χ1n) is 5.29. The number of carboxylic acid groups (broad SMARTS) is 1. The van der Waals surface area contributed by atoms with Crippen LogP contribution in [0.25, 0.3) is 0 Å². The first-order chi connectivity index (χ1) is 9.38. The molecule has 0 bridgehead atoms. The molecule has 1 heterocycles. The lowest BCUT2D eigenvalue weighted by Gasteiger charge is -2.10. The molecule has 0 aliphatic carbocycles. The van der Waals surface area contributed by atoms with E-state index in [1.807, 2.05) is 0 Å². The van der Waals surface area contributed by atoms with Crippen LogP contribution in [0.2, 0.25) is 15.1 Å². The van der Waals surface area contributed by atoms with Crippen LogP contribution in [0, 0.1) is 0 Å². The summed E-state index contributed by atoms with van der Waals surface area (Å²) in [6.45, 7) is 0. The predicted octanol–water partition coefficient (Wildman–Crippen LogP) is 4.07. The maximum Gasteiger partial charge on any atom is 0.337 e. The Morgan fingerprint density at radius 2 is 1.80 bits per heavy atom. The van der Waals surface area contributed by atoms with E-state index in [1.165, 1.54) is 24.4 Å². The number of carbonyl (C=O) groups is 1. The Labute approximate surface area is 129 Å². The van der Waals surface area contributed by atoms with E-state index in [4.69, 9.17) is 45.6 Å². The van der Waals surface area contributed by atoms with Crippen LogP contribution in [0.5, 0.6) is 0 Å². The molecule has 0 aliphatic rings. The predicted molar refractivity (Wildman–Crippen MR) is 80.4 cm³/mol. The summed E-state index contributed by atoms with van der Waals surface area (Å²) < 4.78 is 0. The fourth-order valence-corrected chi connectivity index (χ4v) is 2.07. The summed E-state index contributed by atoms with van der Waals surface area (Å²) in [5.41, 5.74) is 5.99. The highest BCUT2D eigenvalue weighted by molar-refractivity contribution is 6.44. The second kappa shape index (κ2) is 5.75. The van der Waals surface area contributed by atoms with Crippen LogP contribution < -0.4 is 11.1 Å². The van der Waals surface area contributed by atoms with E-state index in [9.17, 15) is 4.79 Å². The molecule has 1 aromatic heterocycles. The second-order valence-corrected chi connectivity index (χ2v) is 5.05. The third kappa shape index (κ3) is 3.07. The zero-order chi connectivity index (χ0) is 14.9. The summed E-state index contributed by atoms with van der Waals surface area (Å²) >= 11 is 17.7. The van der Waals surface area contributed by atoms with Gasteiger partial charge in [-0.25, -0.2) is 9.78 Å². The first-order valence-corrected chi connectivity index (χ1v) is 6.42. The highest BCUT2D eigenvalue weighted by atomic mass is 35.5. The maximum atomic E-state index is 11.0. The number of hydrogen-bond acceptors (Lipinski definition) is 4. The Morgan fingerprint density at radius 1 is 1.15 bits per heavy atom. The molecule has 20 heavy (non-hydrogen) atoms. The van der Waals surface area contributed by atoms with Crippen molar-refractivity contribution in [2.75, 3.05) is 11.1 Å². The Hall–Kier alpha value is -1.69. The molecule has 0 amide bonds. The average molecular weight is 333 g/mol. The number of anilines is 3. The van der Waals surface area contributed by atoms with E-state index in [0.717, 1.165) is 0 Å². The van der Waals surface area contributed by atoms with Crippen LogP contribution in [0.3, 0.4) is 0 Å². The molecule has 0 atom stereocenters. The van der Waals surface area contributed by atoms with Gasteiger partial charge in [0.15, 0.2) is 0 Å². The molecule has 0 unspecified atom stereocenters. The van der Waals surface area contributed by atoms with Gasteiger partial charge in [0.2, 0.25) is 0 Å². The van der Waals surface area contributed by atoms with Gasteiger partial charge in [-0.3, -0.25) is 0 Å². The Kier molecular flexibility index (Phi) is 4.23. The minimum absolute atomic E-state index is 0.0568. The fourth-order valence-electron chi connectivity index (χ4n) is 1.48. The maximum absolute atomic E-state index is 11.0. The Morgan fingerprint density at radius 3 is 2.45 bits per heavy atom. The SMILES string of the molecule is Nc1cnc(Nc2cc(Cl)c(Cl)cc2Cl)cc1C(=O)O. The van der Waals surface area contributed by atoms with Gasteiger partial charge < -0.3 is 16.2 Å². The van der Waals surface area contributed by atoms with Crippen molar-refractivity contribution in [2.24, 2.45) is 0 Å². The molecule has 2 rings (SSSR count). The van der Waals surface area contributed by atoms with Gasteiger partial charge in [-0.2, -0.15) is 0 Å². The van der Waals surface area contributed by atoms with Crippen molar-refractivity contribution >= 4 is 58.0 Å². The number of pyridine rings is 1. The van der Waals surface area contributed by atoms with Gasteiger partial charge in [-0.15, -0.1) is 0 Å². The van der Waals surface area contributed by atoms with E-state index in [1.54, 1.807) is 0 Å². The summed E-state index contributed by atoms with van der Waals surface area (Å²) in [5, 5.41) is 12.8. The Bertz CT molecular complexity index is 692. The monoisotopic (exact) mass is 331 g/mol. The van der Waals surface area contributed by atoms with Gasteiger partial charge in [-0.05, 0) is 18.2 Å². The Balaban J connectivity index is 2.38. The number of benzene rings is 1. The number of nitrogen functional groups attached to an aromatic ring is 1. The van der Waals surface area contributed by atoms with E-state index < -0.39 is 5.97 Å². The average Bonchev–Trinajstić information content (AvgIpc) is 2.37. The summed E-state index contributed by atoms with van der Waals surface area (Å²) in [7, 11) is 0. The third-order valence-corrected chi connectivity index (χ3v) is 3.47. The van der Waals surface area contributed by atoms with Crippen LogP contribution in [-0.2, 0) is 0 Å². The lowest BCUT2D eigenvalue weighted by Crippen LogP contribution is -2.05. The molecule has 1 aromatic carbocycles. The molecular weight excluding hydrogens is 325 g/mol. The molecule has 8 heteroatoms. The summed E-state index contributed by atoms with van der Waals surface area (Å²) in [6, 6.07) is 4.30. The van der Waals surface area contributed by atoms with Crippen molar-refractivity contribution in [1.82, 2.24) is 4.98 Å². The minimum Gasteiger partial charge on any atom is -0.478 e. The van der Waals surface area contributed by atoms with Crippen molar-refractivity contribution < 1.29 is 9.90 Å². The highest BCUT2D eigenvalue weighted by Crippen LogP contribution is 2.33. The van der Waals surface area contributed by atoms with Crippen molar-refractivity contribution in [2.45, 2.75) is 0 Å². The zero-order valence-electron chi connectivity index (χ0n) is 9.82. The van der Waals surface area contributed by atoms with E-state index in [-0.39, 0.29) is 17.1 Å². The summed E-state index contributed by atoms with van der Waals surface area (Å²) in [6.07, 6.45) is 1.25.